The lowest BCUT2D eigenvalue weighted by Gasteiger charge is -2.13. The molecule has 1 heterocycles. The van der Waals surface area contributed by atoms with E-state index in [2.05, 4.69) is 10.2 Å². The molecule has 3 rings (SSSR count). The van der Waals surface area contributed by atoms with Crippen LogP contribution in [0.1, 0.15) is 10.4 Å². The number of benzene rings is 2. The van der Waals surface area contributed by atoms with Gasteiger partial charge in [0.05, 0.1) is 12.4 Å². The summed E-state index contributed by atoms with van der Waals surface area (Å²) in [5.41, 5.74) is 1.69. The molecule has 0 aliphatic heterocycles. The molecule has 3 aromatic rings. The van der Waals surface area contributed by atoms with Crippen LogP contribution < -0.4 is 9.46 Å². The summed E-state index contributed by atoms with van der Waals surface area (Å²) in [5.74, 6) is 0.262. The predicted octanol–water partition coefficient (Wildman–Crippen LogP) is 3.13. The van der Waals surface area contributed by atoms with Crippen LogP contribution in [0.5, 0.6) is 11.5 Å². The lowest BCUT2D eigenvalue weighted by atomic mass is 10.1. The molecule has 0 aliphatic rings. The minimum absolute atomic E-state index is 0.178. The van der Waals surface area contributed by atoms with Gasteiger partial charge in [0.25, 0.3) is 5.91 Å². The van der Waals surface area contributed by atoms with Crippen molar-refractivity contribution in [2.45, 2.75) is 0 Å². The van der Waals surface area contributed by atoms with Crippen molar-refractivity contribution in [3.8, 4) is 22.6 Å². The molecule has 0 fully saturated rings. The summed E-state index contributed by atoms with van der Waals surface area (Å²) in [5, 5.41) is 8.17. The van der Waals surface area contributed by atoms with Crippen LogP contribution in [0.4, 0.5) is 0 Å². The first-order valence-electron chi connectivity index (χ1n) is 8.35. The van der Waals surface area contributed by atoms with Crippen molar-refractivity contribution in [2.24, 2.45) is 0 Å². The first-order valence-corrected chi connectivity index (χ1v) is 10.2. The van der Waals surface area contributed by atoms with Crippen LogP contribution in [0.25, 0.3) is 11.1 Å². The zero-order chi connectivity index (χ0) is 21.0. The highest BCUT2D eigenvalue weighted by Crippen LogP contribution is 2.35. The molecule has 1 aromatic heterocycles. The van der Waals surface area contributed by atoms with Gasteiger partial charge in [-0.05, 0) is 48.5 Å². The number of carbonyl (C=O) groups excluding carboxylic acids is 1. The van der Waals surface area contributed by atoms with Crippen molar-refractivity contribution < 1.29 is 17.9 Å². The van der Waals surface area contributed by atoms with Crippen LogP contribution >= 0.6 is 11.6 Å². The van der Waals surface area contributed by atoms with Crippen LogP contribution in [0.15, 0.2) is 60.9 Å². The highest BCUT2D eigenvalue weighted by Gasteiger charge is 2.18. The Bertz CT molecular complexity index is 1120. The highest BCUT2D eigenvalue weighted by atomic mass is 35.5. The van der Waals surface area contributed by atoms with Crippen LogP contribution in [0, 0.1) is 0 Å². The number of nitrogens with one attached hydrogen (secondary N) is 1. The van der Waals surface area contributed by atoms with E-state index in [1.807, 2.05) is 4.72 Å². The van der Waals surface area contributed by atoms with Gasteiger partial charge in [0.15, 0.2) is 0 Å². The summed E-state index contributed by atoms with van der Waals surface area (Å²) in [4.78, 5) is 12.1. The lowest BCUT2D eigenvalue weighted by molar-refractivity contribution is 0.0979. The number of amides is 1. The topological polar surface area (TPSA) is 101 Å². The maximum Gasteiger partial charge on any atom is 0.303 e. The third kappa shape index (κ3) is 5.08. The van der Waals surface area contributed by atoms with E-state index in [0.717, 1.165) is 15.4 Å². The van der Waals surface area contributed by atoms with E-state index in [0.29, 0.717) is 16.5 Å². The summed E-state index contributed by atoms with van der Waals surface area (Å²) < 4.78 is 32.4. The molecule has 150 valence electrons. The van der Waals surface area contributed by atoms with E-state index >= 15 is 0 Å². The fraction of sp³-hybridized carbons (Fsp3) is 0.105. The van der Waals surface area contributed by atoms with E-state index in [9.17, 15) is 13.2 Å². The molecule has 1 amide bonds. The summed E-state index contributed by atoms with van der Waals surface area (Å²) in [7, 11) is -1.21. The fourth-order valence-electron chi connectivity index (χ4n) is 2.34. The molecule has 29 heavy (non-hydrogen) atoms. The number of rotatable bonds is 6. The second-order valence-electron chi connectivity index (χ2n) is 6.12. The van der Waals surface area contributed by atoms with Gasteiger partial charge in [-0.15, -0.1) is 0 Å². The Morgan fingerprint density at radius 3 is 2.41 bits per heavy atom. The van der Waals surface area contributed by atoms with Crippen molar-refractivity contribution in [2.75, 3.05) is 14.1 Å². The Labute approximate surface area is 173 Å². The maximum atomic E-state index is 12.1. The minimum atomic E-state index is -3.87. The molecule has 0 radical (unpaired) electrons. The number of halogens is 1. The first kappa shape index (κ1) is 20.7. The molecule has 2 aromatic carbocycles. The lowest BCUT2D eigenvalue weighted by Crippen LogP contribution is -2.39. The van der Waals surface area contributed by atoms with Crippen molar-refractivity contribution in [3.05, 3.63) is 71.5 Å². The number of hydrogen-bond donors (Lipinski definition) is 1. The van der Waals surface area contributed by atoms with E-state index < -0.39 is 16.1 Å². The van der Waals surface area contributed by atoms with Gasteiger partial charge >= 0.3 is 10.2 Å². The zero-order valence-corrected chi connectivity index (χ0v) is 17.1. The Hall–Kier alpha value is -3.01. The van der Waals surface area contributed by atoms with Crippen LogP contribution in [-0.4, -0.2) is 42.9 Å². The quantitative estimate of drug-likeness (QED) is 0.642. The van der Waals surface area contributed by atoms with Gasteiger partial charge in [-0.25, -0.2) is 4.72 Å². The molecule has 0 saturated carbocycles. The highest BCUT2D eigenvalue weighted by molar-refractivity contribution is 7.87. The van der Waals surface area contributed by atoms with Gasteiger partial charge < -0.3 is 4.74 Å². The fourth-order valence-corrected chi connectivity index (χ4v) is 3.04. The van der Waals surface area contributed by atoms with Gasteiger partial charge in [0, 0.05) is 35.8 Å². The third-order valence-electron chi connectivity index (χ3n) is 3.88. The Kier molecular flexibility index (Phi) is 6.12. The smallest absolute Gasteiger partial charge is 0.303 e. The predicted molar refractivity (Wildman–Crippen MR) is 109 cm³/mol. The van der Waals surface area contributed by atoms with Crippen LogP contribution in [-0.2, 0) is 10.2 Å². The molecule has 0 unspecified atom stereocenters. The van der Waals surface area contributed by atoms with E-state index in [1.165, 1.54) is 26.2 Å². The Morgan fingerprint density at radius 2 is 1.79 bits per heavy atom. The van der Waals surface area contributed by atoms with Crippen LogP contribution in [0.3, 0.4) is 0 Å². The molecule has 0 atom stereocenters. The van der Waals surface area contributed by atoms with Crippen molar-refractivity contribution >= 4 is 27.7 Å². The van der Waals surface area contributed by atoms with Gasteiger partial charge in [-0.2, -0.15) is 22.9 Å². The van der Waals surface area contributed by atoms with E-state index in [-0.39, 0.29) is 5.56 Å². The van der Waals surface area contributed by atoms with Crippen LogP contribution in [0.2, 0.25) is 5.02 Å². The Morgan fingerprint density at radius 1 is 1.07 bits per heavy atom. The molecule has 0 spiro atoms. The van der Waals surface area contributed by atoms with E-state index in [1.54, 1.807) is 48.8 Å². The standard InChI is InChI=1S/C19H17ClN4O4S/c1-24(2)29(26,27)23-19(25)13-3-6-16(7-4-13)28-18-8-5-15(20)11-17(18)14-9-10-21-22-12-14/h3-12H,1-2H3,(H,23,25). The summed E-state index contributed by atoms with van der Waals surface area (Å²) in [6.07, 6.45) is 3.16. The van der Waals surface area contributed by atoms with E-state index in [4.69, 9.17) is 16.3 Å². The number of hydrogen-bond acceptors (Lipinski definition) is 6. The van der Waals surface area contributed by atoms with Gasteiger partial charge in [0.2, 0.25) is 0 Å². The second-order valence-corrected chi connectivity index (χ2v) is 8.44. The van der Waals surface area contributed by atoms with Crippen molar-refractivity contribution in [1.29, 1.82) is 0 Å². The number of ether oxygens (including phenoxy) is 1. The largest absolute Gasteiger partial charge is 0.457 e. The second kappa shape index (κ2) is 8.56. The van der Waals surface area contributed by atoms with Crippen molar-refractivity contribution in [1.82, 2.24) is 19.2 Å². The molecule has 8 nitrogen and oxygen atoms in total. The molecule has 0 bridgehead atoms. The molecular formula is C19H17ClN4O4S. The summed E-state index contributed by atoms with van der Waals surface area (Å²) >= 11 is 6.11. The molecule has 0 saturated heterocycles. The Balaban J connectivity index is 1.82. The van der Waals surface area contributed by atoms with Gasteiger partial charge in [-0.3, -0.25) is 4.79 Å². The number of nitrogens with zero attached hydrogens (tertiary/aromatic N) is 3. The average molecular weight is 433 g/mol. The maximum absolute atomic E-state index is 12.1. The number of carbonyl (C=O) groups is 1. The third-order valence-corrected chi connectivity index (χ3v) is 5.52. The van der Waals surface area contributed by atoms with Crippen molar-refractivity contribution in [3.63, 3.8) is 0 Å². The molecule has 10 heteroatoms. The monoisotopic (exact) mass is 432 g/mol. The normalized spacial score (nSPS) is 11.3. The molecule has 1 N–H and O–H groups in total. The SMILES string of the molecule is CN(C)S(=O)(=O)NC(=O)c1ccc(Oc2ccc(Cl)cc2-c2ccnnc2)cc1. The average Bonchev–Trinajstić information content (AvgIpc) is 2.70. The van der Waals surface area contributed by atoms with Gasteiger partial charge in [0.1, 0.15) is 11.5 Å². The zero-order valence-electron chi connectivity index (χ0n) is 15.5. The molecule has 0 aliphatic carbocycles. The first-order chi connectivity index (χ1) is 13.8. The van der Waals surface area contributed by atoms with Gasteiger partial charge in [-0.1, -0.05) is 11.6 Å². The molecular weight excluding hydrogens is 416 g/mol. The minimum Gasteiger partial charge on any atom is -0.457 e. The number of aromatic nitrogens is 2. The summed E-state index contributed by atoms with van der Waals surface area (Å²) in [6, 6.07) is 13.0. The summed E-state index contributed by atoms with van der Waals surface area (Å²) in [6.45, 7) is 0.